The van der Waals surface area contributed by atoms with E-state index in [0.29, 0.717) is 31.5 Å². The van der Waals surface area contributed by atoms with Crippen LogP contribution in [0.1, 0.15) is 25.1 Å². The van der Waals surface area contributed by atoms with Crippen LogP contribution in [0.5, 0.6) is 0 Å². The summed E-state index contributed by atoms with van der Waals surface area (Å²) in [4.78, 5) is 10.8. The van der Waals surface area contributed by atoms with Gasteiger partial charge in [-0.25, -0.2) is 13.4 Å². The summed E-state index contributed by atoms with van der Waals surface area (Å²) >= 11 is 0. The summed E-state index contributed by atoms with van der Waals surface area (Å²) in [6.07, 6.45) is 1.63. The fraction of sp³-hybridized carbons (Fsp3) is 0.474. The van der Waals surface area contributed by atoms with Crippen molar-refractivity contribution in [2.24, 2.45) is 4.99 Å². The quantitative estimate of drug-likeness (QED) is 0.639. The minimum Gasteiger partial charge on any atom is -0.444 e. The fourth-order valence-electron chi connectivity index (χ4n) is 3.04. The average Bonchev–Trinajstić information content (AvgIpc) is 3.08. The van der Waals surface area contributed by atoms with E-state index in [4.69, 9.17) is 4.42 Å². The number of oxazole rings is 1. The van der Waals surface area contributed by atoms with Crippen LogP contribution >= 0.6 is 0 Å². The van der Waals surface area contributed by atoms with Crippen molar-refractivity contribution < 1.29 is 12.8 Å². The molecular weight excluding hydrogens is 364 g/mol. The summed E-state index contributed by atoms with van der Waals surface area (Å²) < 4.78 is 29.2. The third-order valence-electron chi connectivity index (χ3n) is 4.83. The van der Waals surface area contributed by atoms with E-state index in [0.717, 1.165) is 11.3 Å². The number of nitrogens with one attached hydrogen (secondary N) is 1. The molecular formula is C19H26N4O3S. The predicted molar refractivity (Wildman–Crippen MR) is 106 cm³/mol. The van der Waals surface area contributed by atoms with Gasteiger partial charge < -0.3 is 14.6 Å². The zero-order valence-electron chi connectivity index (χ0n) is 16.2. The van der Waals surface area contributed by atoms with Crippen LogP contribution in [0, 0.1) is 6.92 Å². The Hall–Kier alpha value is -2.35. The van der Waals surface area contributed by atoms with E-state index in [1.807, 2.05) is 36.1 Å². The van der Waals surface area contributed by atoms with Crippen LogP contribution in [0.15, 0.2) is 39.9 Å². The number of rotatable bonds is 3. The van der Waals surface area contributed by atoms with Crippen LogP contribution in [0.25, 0.3) is 11.5 Å². The van der Waals surface area contributed by atoms with E-state index in [2.05, 4.69) is 15.3 Å². The van der Waals surface area contributed by atoms with Gasteiger partial charge in [-0.1, -0.05) is 17.7 Å². The van der Waals surface area contributed by atoms with Gasteiger partial charge in [-0.2, -0.15) is 0 Å². The number of aryl methyl sites for hydroxylation is 1. The van der Waals surface area contributed by atoms with Crippen molar-refractivity contribution in [3.63, 3.8) is 0 Å². The van der Waals surface area contributed by atoms with Gasteiger partial charge in [-0.15, -0.1) is 0 Å². The number of benzene rings is 1. The number of guanidine groups is 1. The SMILES string of the molecule is CN=C(NCc1coc(-c2ccc(C)cc2)n1)N1CCS(=O)(=O)C(C)(C)C1. The first-order valence-electron chi connectivity index (χ1n) is 8.91. The van der Waals surface area contributed by atoms with Gasteiger partial charge in [0.25, 0.3) is 0 Å². The summed E-state index contributed by atoms with van der Waals surface area (Å²) in [5.74, 6) is 1.37. The Morgan fingerprint density at radius 1 is 1.33 bits per heavy atom. The molecule has 0 bridgehead atoms. The standard InChI is InChI=1S/C19H26N4O3S/c1-14-5-7-15(8-6-14)17-22-16(12-26-17)11-21-18(20-4)23-9-10-27(24,25)19(2,3)13-23/h5-8,12H,9-11,13H2,1-4H3,(H,20,21). The minimum atomic E-state index is -3.08. The highest BCUT2D eigenvalue weighted by molar-refractivity contribution is 7.92. The minimum absolute atomic E-state index is 0.127. The van der Waals surface area contributed by atoms with Gasteiger partial charge in [0, 0.05) is 25.7 Å². The molecule has 1 aromatic heterocycles. The van der Waals surface area contributed by atoms with Crippen LogP contribution < -0.4 is 5.32 Å². The smallest absolute Gasteiger partial charge is 0.226 e. The van der Waals surface area contributed by atoms with Crippen molar-refractivity contribution in [3.05, 3.63) is 41.8 Å². The molecule has 0 saturated carbocycles. The van der Waals surface area contributed by atoms with Gasteiger partial charge >= 0.3 is 0 Å². The summed E-state index contributed by atoms with van der Waals surface area (Å²) in [6.45, 7) is 6.83. The predicted octanol–water partition coefficient (Wildman–Crippen LogP) is 2.23. The molecule has 0 aliphatic carbocycles. The van der Waals surface area contributed by atoms with Crippen molar-refractivity contribution in [1.29, 1.82) is 0 Å². The third kappa shape index (κ3) is 4.16. The lowest BCUT2D eigenvalue weighted by molar-refractivity contribution is 0.353. The largest absolute Gasteiger partial charge is 0.444 e. The number of sulfone groups is 1. The monoisotopic (exact) mass is 390 g/mol. The Morgan fingerprint density at radius 2 is 2.04 bits per heavy atom. The molecule has 8 heteroatoms. The van der Waals surface area contributed by atoms with E-state index in [1.54, 1.807) is 27.2 Å². The molecule has 1 aliphatic heterocycles. The molecule has 0 unspecified atom stereocenters. The van der Waals surface area contributed by atoms with Crippen molar-refractivity contribution in [2.45, 2.75) is 32.1 Å². The maximum Gasteiger partial charge on any atom is 0.226 e. The van der Waals surface area contributed by atoms with Crippen molar-refractivity contribution in [3.8, 4) is 11.5 Å². The Morgan fingerprint density at radius 3 is 2.67 bits per heavy atom. The zero-order valence-corrected chi connectivity index (χ0v) is 17.0. The molecule has 2 aromatic rings. The van der Waals surface area contributed by atoms with Crippen molar-refractivity contribution in [2.75, 3.05) is 25.9 Å². The van der Waals surface area contributed by atoms with Crippen LogP contribution in [0.4, 0.5) is 0 Å². The van der Waals surface area contributed by atoms with Crippen LogP contribution in [-0.4, -0.2) is 54.9 Å². The molecule has 0 spiro atoms. The van der Waals surface area contributed by atoms with E-state index < -0.39 is 14.6 Å². The zero-order chi connectivity index (χ0) is 19.7. The molecule has 1 fully saturated rings. The normalized spacial score (nSPS) is 19.1. The van der Waals surface area contributed by atoms with Crippen LogP contribution in [0.3, 0.4) is 0 Å². The first-order valence-corrected chi connectivity index (χ1v) is 10.6. The maximum absolute atomic E-state index is 12.2. The first-order chi connectivity index (χ1) is 12.7. The lowest BCUT2D eigenvalue weighted by atomic mass is 10.1. The molecule has 0 amide bonds. The molecule has 146 valence electrons. The number of aromatic nitrogens is 1. The molecule has 1 N–H and O–H groups in total. The highest BCUT2D eigenvalue weighted by atomic mass is 32.2. The molecule has 0 atom stereocenters. The van der Waals surface area contributed by atoms with E-state index in [9.17, 15) is 8.42 Å². The Kier molecular flexibility index (Phi) is 5.28. The number of aliphatic imine (C=N–C) groups is 1. The molecule has 27 heavy (non-hydrogen) atoms. The molecule has 7 nitrogen and oxygen atoms in total. The van der Waals surface area contributed by atoms with Gasteiger partial charge in [0.2, 0.25) is 5.89 Å². The number of hydrogen-bond acceptors (Lipinski definition) is 5. The molecule has 1 saturated heterocycles. The van der Waals surface area contributed by atoms with Crippen molar-refractivity contribution in [1.82, 2.24) is 15.2 Å². The lowest BCUT2D eigenvalue weighted by Gasteiger charge is -2.39. The van der Waals surface area contributed by atoms with Gasteiger partial charge in [-0.05, 0) is 32.9 Å². The van der Waals surface area contributed by atoms with Gasteiger partial charge in [0.1, 0.15) is 6.26 Å². The second-order valence-corrected chi connectivity index (χ2v) is 10.2. The second kappa shape index (κ2) is 7.34. The van der Waals surface area contributed by atoms with Gasteiger partial charge in [0.05, 0.1) is 22.7 Å². The van der Waals surface area contributed by atoms with Gasteiger partial charge in [0.15, 0.2) is 15.8 Å². The third-order valence-corrected chi connectivity index (χ3v) is 7.37. The highest BCUT2D eigenvalue weighted by Crippen LogP contribution is 2.24. The Labute approximate surface area is 160 Å². The van der Waals surface area contributed by atoms with Crippen molar-refractivity contribution >= 4 is 15.8 Å². The summed E-state index contributed by atoms with van der Waals surface area (Å²) in [5, 5.41) is 3.25. The number of nitrogens with zero attached hydrogens (tertiary/aromatic N) is 3. The lowest BCUT2D eigenvalue weighted by Crippen LogP contribution is -2.57. The molecule has 2 heterocycles. The van der Waals surface area contributed by atoms with E-state index >= 15 is 0 Å². The molecule has 3 rings (SSSR count). The molecule has 1 aliphatic rings. The summed E-state index contributed by atoms with van der Waals surface area (Å²) in [5.41, 5.74) is 2.87. The number of hydrogen-bond donors (Lipinski definition) is 1. The van der Waals surface area contributed by atoms with Crippen LogP contribution in [-0.2, 0) is 16.4 Å². The van der Waals surface area contributed by atoms with Gasteiger partial charge in [-0.3, -0.25) is 4.99 Å². The summed E-state index contributed by atoms with van der Waals surface area (Å²) in [7, 11) is -1.39. The van der Waals surface area contributed by atoms with E-state index in [1.165, 1.54) is 5.56 Å². The Balaban J connectivity index is 1.65. The van der Waals surface area contributed by atoms with E-state index in [-0.39, 0.29) is 5.75 Å². The second-order valence-electron chi connectivity index (χ2n) is 7.41. The molecule has 1 aromatic carbocycles. The summed E-state index contributed by atoms with van der Waals surface area (Å²) in [6, 6.07) is 8.00. The average molecular weight is 391 g/mol. The topological polar surface area (TPSA) is 87.8 Å². The Bertz CT molecular complexity index is 930. The molecule has 0 radical (unpaired) electrons. The van der Waals surface area contributed by atoms with Crippen LogP contribution in [0.2, 0.25) is 0 Å². The first kappa shape index (κ1) is 19.4. The maximum atomic E-state index is 12.2. The highest BCUT2D eigenvalue weighted by Gasteiger charge is 2.40. The fourth-order valence-corrected chi connectivity index (χ4v) is 4.41.